The Labute approximate surface area is 166 Å². The summed E-state index contributed by atoms with van der Waals surface area (Å²) in [6, 6.07) is 16.8. The van der Waals surface area contributed by atoms with Crippen molar-refractivity contribution in [3.63, 3.8) is 0 Å². The zero-order valence-electron chi connectivity index (χ0n) is 16.3. The molecule has 3 atom stereocenters. The molecule has 5 heteroatoms. The van der Waals surface area contributed by atoms with Gasteiger partial charge in [-0.15, -0.1) is 0 Å². The number of benzene rings is 2. The van der Waals surface area contributed by atoms with Crippen LogP contribution in [-0.2, 0) is 6.61 Å². The SMILES string of the molecule is CCC[C@H]1CCC[C@H]([C@H](O)c2cccc(OCc3ccccc3)c2)N1C(=O)O. The summed E-state index contributed by atoms with van der Waals surface area (Å²) in [7, 11) is 0. The molecule has 2 aromatic rings. The fourth-order valence-electron chi connectivity index (χ4n) is 4.09. The van der Waals surface area contributed by atoms with E-state index in [9.17, 15) is 15.0 Å². The molecule has 2 aromatic carbocycles. The summed E-state index contributed by atoms with van der Waals surface area (Å²) in [5.41, 5.74) is 1.76. The monoisotopic (exact) mass is 383 g/mol. The number of rotatable bonds is 7. The molecule has 5 nitrogen and oxygen atoms in total. The first-order valence-electron chi connectivity index (χ1n) is 10.1. The van der Waals surface area contributed by atoms with Crippen molar-refractivity contribution in [1.82, 2.24) is 4.90 Å². The van der Waals surface area contributed by atoms with E-state index in [1.54, 1.807) is 0 Å². The third-order valence-corrected chi connectivity index (χ3v) is 5.44. The van der Waals surface area contributed by atoms with Crippen molar-refractivity contribution in [3.8, 4) is 5.75 Å². The van der Waals surface area contributed by atoms with Crippen LogP contribution in [0.25, 0.3) is 0 Å². The van der Waals surface area contributed by atoms with Crippen LogP contribution in [0.4, 0.5) is 4.79 Å². The van der Waals surface area contributed by atoms with Crippen molar-refractivity contribution in [2.24, 2.45) is 0 Å². The first kappa shape index (κ1) is 20.2. The van der Waals surface area contributed by atoms with Gasteiger partial charge >= 0.3 is 6.09 Å². The molecule has 0 bridgehead atoms. The molecule has 3 rings (SSSR count). The zero-order valence-corrected chi connectivity index (χ0v) is 16.3. The molecule has 1 heterocycles. The van der Waals surface area contributed by atoms with Gasteiger partial charge in [0.05, 0.1) is 12.1 Å². The van der Waals surface area contributed by atoms with E-state index in [1.165, 1.54) is 4.90 Å². The van der Waals surface area contributed by atoms with Crippen LogP contribution in [0.15, 0.2) is 54.6 Å². The molecule has 0 aromatic heterocycles. The second-order valence-electron chi connectivity index (χ2n) is 7.42. The van der Waals surface area contributed by atoms with E-state index in [0.29, 0.717) is 24.3 Å². The summed E-state index contributed by atoms with van der Waals surface area (Å²) >= 11 is 0. The molecule has 28 heavy (non-hydrogen) atoms. The van der Waals surface area contributed by atoms with Gasteiger partial charge in [-0.05, 0) is 48.9 Å². The summed E-state index contributed by atoms with van der Waals surface area (Å²) in [6.45, 7) is 2.51. The standard InChI is InChI=1S/C23H29NO4/c1-2-8-19-12-7-14-21(24(19)23(26)27)22(25)18-11-6-13-20(15-18)28-16-17-9-4-3-5-10-17/h3-6,9-11,13,15,19,21-22,25H,2,7-8,12,14,16H2,1H3,(H,26,27)/t19-,21+,22+/m0/s1. The van der Waals surface area contributed by atoms with Crippen molar-refractivity contribution in [3.05, 3.63) is 65.7 Å². The van der Waals surface area contributed by atoms with E-state index >= 15 is 0 Å². The molecule has 1 aliphatic rings. The number of carboxylic acid groups (broad SMARTS) is 1. The Morgan fingerprint density at radius 3 is 2.68 bits per heavy atom. The van der Waals surface area contributed by atoms with E-state index in [1.807, 2.05) is 54.6 Å². The summed E-state index contributed by atoms with van der Waals surface area (Å²) in [4.78, 5) is 13.4. The lowest BCUT2D eigenvalue weighted by molar-refractivity contribution is 0.000234. The van der Waals surface area contributed by atoms with Crippen LogP contribution >= 0.6 is 0 Å². The summed E-state index contributed by atoms with van der Waals surface area (Å²) in [5.74, 6) is 0.670. The van der Waals surface area contributed by atoms with Crippen molar-refractivity contribution < 1.29 is 19.7 Å². The predicted octanol–water partition coefficient (Wildman–Crippen LogP) is 5.00. The molecular formula is C23H29NO4. The molecule has 0 spiro atoms. The van der Waals surface area contributed by atoms with Gasteiger partial charge in [0.1, 0.15) is 12.4 Å². The quantitative estimate of drug-likeness (QED) is 0.706. The van der Waals surface area contributed by atoms with Crippen LogP contribution in [0.5, 0.6) is 5.75 Å². The fraction of sp³-hybridized carbons (Fsp3) is 0.435. The van der Waals surface area contributed by atoms with Gasteiger partial charge in [0.2, 0.25) is 0 Å². The van der Waals surface area contributed by atoms with Crippen LogP contribution in [0.1, 0.15) is 56.3 Å². The molecule has 0 aliphatic carbocycles. The average molecular weight is 383 g/mol. The van der Waals surface area contributed by atoms with Gasteiger partial charge in [0.15, 0.2) is 0 Å². The molecule has 1 fully saturated rings. The van der Waals surface area contributed by atoms with Gasteiger partial charge in [-0.25, -0.2) is 4.79 Å². The maximum absolute atomic E-state index is 11.9. The van der Waals surface area contributed by atoms with E-state index in [2.05, 4.69) is 6.92 Å². The van der Waals surface area contributed by atoms with Gasteiger partial charge in [-0.2, -0.15) is 0 Å². The minimum absolute atomic E-state index is 0.0200. The summed E-state index contributed by atoms with van der Waals surface area (Å²) in [6.07, 6.45) is 2.41. The smallest absolute Gasteiger partial charge is 0.407 e. The largest absolute Gasteiger partial charge is 0.489 e. The van der Waals surface area contributed by atoms with Crippen molar-refractivity contribution in [2.45, 2.75) is 63.8 Å². The highest BCUT2D eigenvalue weighted by atomic mass is 16.5. The summed E-state index contributed by atoms with van der Waals surface area (Å²) in [5, 5.41) is 20.8. The number of hydrogen-bond acceptors (Lipinski definition) is 3. The van der Waals surface area contributed by atoms with Crippen LogP contribution in [-0.4, -0.2) is 33.3 Å². The number of likely N-dealkylation sites (tertiary alicyclic amines) is 1. The molecule has 0 saturated carbocycles. The number of amides is 1. The first-order valence-corrected chi connectivity index (χ1v) is 10.1. The molecule has 1 saturated heterocycles. The average Bonchev–Trinajstić information content (AvgIpc) is 2.72. The Balaban J connectivity index is 1.73. The second-order valence-corrected chi connectivity index (χ2v) is 7.42. The highest BCUT2D eigenvalue weighted by Gasteiger charge is 2.38. The number of piperidine rings is 1. The molecule has 0 unspecified atom stereocenters. The maximum Gasteiger partial charge on any atom is 0.407 e. The van der Waals surface area contributed by atoms with Crippen LogP contribution in [0.3, 0.4) is 0 Å². The Bertz CT molecular complexity index is 762. The molecule has 150 valence electrons. The van der Waals surface area contributed by atoms with Crippen molar-refractivity contribution >= 4 is 6.09 Å². The number of aliphatic hydroxyl groups excluding tert-OH is 1. The number of hydrogen-bond donors (Lipinski definition) is 2. The topological polar surface area (TPSA) is 70.0 Å². The number of nitrogens with zero attached hydrogens (tertiary/aromatic N) is 1. The van der Waals surface area contributed by atoms with Gasteiger partial charge in [-0.1, -0.05) is 55.8 Å². The third-order valence-electron chi connectivity index (χ3n) is 5.44. The zero-order chi connectivity index (χ0) is 19.9. The molecule has 1 amide bonds. The van der Waals surface area contributed by atoms with Crippen molar-refractivity contribution in [1.29, 1.82) is 0 Å². The van der Waals surface area contributed by atoms with Gasteiger partial charge in [0, 0.05) is 6.04 Å². The highest BCUT2D eigenvalue weighted by Crippen LogP contribution is 2.34. The second kappa shape index (κ2) is 9.60. The molecule has 2 N–H and O–H groups in total. The molecular weight excluding hydrogens is 354 g/mol. The van der Waals surface area contributed by atoms with E-state index in [4.69, 9.17) is 4.74 Å². The number of carbonyl (C=O) groups is 1. The third kappa shape index (κ3) is 4.84. The predicted molar refractivity (Wildman–Crippen MR) is 108 cm³/mol. The Hall–Kier alpha value is -2.53. The lowest BCUT2D eigenvalue weighted by Gasteiger charge is -2.42. The van der Waals surface area contributed by atoms with Crippen molar-refractivity contribution in [2.75, 3.05) is 0 Å². The molecule has 1 aliphatic heterocycles. The lowest BCUT2D eigenvalue weighted by Crippen LogP contribution is -2.51. The minimum Gasteiger partial charge on any atom is -0.489 e. The fourth-order valence-corrected chi connectivity index (χ4v) is 4.09. The maximum atomic E-state index is 11.9. The van der Waals surface area contributed by atoms with Crippen LogP contribution < -0.4 is 4.74 Å². The van der Waals surface area contributed by atoms with Gasteiger partial charge < -0.3 is 14.9 Å². The van der Waals surface area contributed by atoms with Crippen LogP contribution in [0.2, 0.25) is 0 Å². The lowest BCUT2D eigenvalue weighted by atomic mass is 9.88. The normalized spacial score (nSPS) is 20.6. The number of aliphatic hydroxyl groups is 1. The van der Waals surface area contributed by atoms with E-state index < -0.39 is 18.2 Å². The first-order chi connectivity index (χ1) is 13.6. The molecule has 0 radical (unpaired) electrons. The minimum atomic E-state index is -0.946. The number of ether oxygens (including phenoxy) is 1. The van der Waals surface area contributed by atoms with E-state index in [0.717, 1.165) is 31.2 Å². The highest BCUT2D eigenvalue weighted by molar-refractivity contribution is 5.66. The van der Waals surface area contributed by atoms with Gasteiger partial charge in [-0.3, -0.25) is 4.90 Å². The summed E-state index contributed by atoms with van der Waals surface area (Å²) < 4.78 is 5.86. The Morgan fingerprint density at radius 1 is 1.18 bits per heavy atom. The van der Waals surface area contributed by atoms with E-state index in [-0.39, 0.29) is 6.04 Å². The Morgan fingerprint density at radius 2 is 1.96 bits per heavy atom. The van der Waals surface area contributed by atoms with Gasteiger partial charge in [0.25, 0.3) is 0 Å². The van der Waals surface area contributed by atoms with Crippen LogP contribution in [0, 0.1) is 0 Å². The Kier molecular flexibility index (Phi) is 6.93.